The van der Waals surface area contributed by atoms with E-state index in [0.29, 0.717) is 24.1 Å². The van der Waals surface area contributed by atoms with Crippen LogP contribution in [0.5, 0.6) is 5.75 Å². The molecule has 8 heteroatoms. The Morgan fingerprint density at radius 2 is 1.95 bits per heavy atom. The molecule has 1 aromatic rings. The van der Waals surface area contributed by atoms with Gasteiger partial charge in [-0.15, -0.1) is 6.58 Å². The minimum absolute atomic E-state index is 0.0760. The topological polar surface area (TPSA) is 102 Å². The quantitative estimate of drug-likeness (QED) is 0.333. The number of ether oxygens (including phenoxy) is 2. The fourth-order valence-electron chi connectivity index (χ4n) is 8.63. The molecule has 3 fully saturated rings. The number of hydrogen-bond acceptors (Lipinski definition) is 7. The van der Waals surface area contributed by atoms with Crippen molar-refractivity contribution in [3.05, 3.63) is 36.4 Å². The number of ketones is 1. The molecule has 0 saturated heterocycles. The second-order valence-electron chi connectivity index (χ2n) is 13.6. The van der Waals surface area contributed by atoms with Crippen molar-refractivity contribution in [1.29, 1.82) is 0 Å². The highest BCUT2D eigenvalue weighted by atomic mass is 16.6. The lowest BCUT2D eigenvalue weighted by molar-refractivity contribution is -0.207. The summed E-state index contributed by atoms with van der Waals surface area (Å²) < 4.78 is 17.7. The molecule has 3 aliphatic carbocycles. The van der Waals surface area contributed by atoms with E-state index in [4.69, 9.17) is 14.1 Å². The van der Waals surface area contributed by atoms with Gasteiger partial charge >= 0.3 is 13.1 Å². The summed E-state index contributed by atoms with van der Waals surface area (Å²) in [7, 11) is -1.05. The number of carbonyl (C=O) groups excluding carboxylic acids is 2. The summed E-state index contributed by atoms with van der Waals surface area (Å²) in [6, 6.07) is 5.29. The average molecular weight is 538 g/mol. The molecule has 2 bridgehead atoms. The third-order valence-corrected chi connectivity index (χ3v) is 11.3. The molecule has 0 amide bonds. The van der Waals surface area contributed by atoms with Crippen LogP contribution >= 0.6 is 0 Å². The Morgan fingerprint density at radius 3 is 2.64 bits per heavy atom. The minimum atomic E-state index is -1.05. The van der Waals surface area contributed by atoms with E-state index in [-0.39, 0.29) is 35.6 Å². The molecule has 4 aliphatic rings. The van der Waals surface area contributed by atoms with Gasteiger partial charge in [-0.25, -0.2) is 4.79 Å². The molecular weight excluding hydrogens is 495 g/mol. The van der Waals surface area contributed by atoms with Crippen LogP contribution in [0, 0.1) is 34.0 Å². The van der Waals surface area contributed by atoms with E-state index in [9.17, 15) is 19.7 Å². The van der Waals surface area contributed by atoms with Crippen LogP contribution in [0.4, 0.5) is 0 Å². The predicted octanol–water partition coefficient (Wildman–Crippen LogP) is 3.92. The number of hydrogen-bond donors (Lipinski definition) is 2. The summed E-state index contributed by atoms with van der Waals surface area (Å²) in [6.07, 6.45) is 3.96. The SMILES string of the molecule is C=C[C@]1(C)C[C@@H](OC(=O)COc2ccc3c(c2)B(O)OC3(C)C)[C@@]2(C)[C@@H]3C(=O)CC[C@@]3(CC[C@@H]2C)[C@@H](C)[C@@H]1O. The molecule has 0 unspecified atom stereocenters. The van der Waals surface area contributed by atoms with Crippen molar-refractivity contribution in [3.8, 4) is 5.75 Å². The molecule has 1 heterocycles. The second-order valence-corrected chi connectivity index (χ2v) is 13.6. The molecule has 7 nitrogen and oxygen atoms in total. The molecule has 0 aromatic heterocycles. The van der Waals surface area contributed by atoms with E-state index in [1.807, 2.05) is 26.8 Å². The normalized spacial score (nSPS) is 40.8. The van der Waals surface area contributed by atoms with E-state index >= 15 is 0 Å². The molecule has 39 heavy (non-hydrogen) atoms. The maximum absolute atomic E-state index is 13.5. The standard InChI is InChI=1S/C31H43BO7/c1-8-29(6)16-24(30(7)18(2)11-13-31(19(3)27(29)35)14-12-23(33)26(30)31)38-25(34)17-37-20-9-10-21-22(15-20)32(36)39-28(21,4)5/h8-10,15,18-19,24,26-27,35-36H,1,11-14,16-17H2,2-7H3/t18-,19-,24+,26-,27-,29+,30-,31-/m0/s1. The van der Waals surface area contributed by atoms with Crippen molar-refractivity contribution < 1.29 is 33.8 Å². The van der Waals surface area contributed by atoms with Gasteiger partial charge in [0.25, 0.3) is 0 Å². The van der Waals surface area contributed by atoms with Gasteiger partial charge in [-0.2, -0.15) is 0 Å². The number of esters is 1. The first-order valence-electron chi connectivity index (χ1n) is 14.4. The lowest BCUT2D eigenvalue weighted by Gasteiger charge is -2.61. The Labute approximate surface area is 232 Å². The Balaban J connectivity index is 1.42. The maximum Gasteiger partial charge on any atom is 0.492 e. The van der Waals surface area contributed by atoms with E-state index < -0.39 is 41.7 Å². The molecule has 212 valence electrons. The third kappa shape index (κ3) is 4.20. The predicted molar refractivity (Wildman–Crippen MR) is 148 cm³/mol. The van der Waals surface area contributed by atoms with Crippen molar-refractivity contribution in [3.63, 3.8) is 0 Å². The van der Waals surface area contributed by atoms with Crippen LogP contribution in [-0.2, 0) is 24.6 Å². The molecule has 3 saturated carbocycles. The summed E-state index contributed by atoms with van der Waals surface area (Å²) in [6.45, 7) is 15.9. The van der Waals surface area contributed by atoms with Gasteiger partial charge in [-0.1, -0.05) is 39.8 Å². The first-order chi connectivity index (χ1) is 18.2. The Bertz CT molecular complexity index is 1180. The molecule has 8 atom stereocenters. The Hall–Kier alpha value is -2.16. The van der Waals surface area contributed by atoms with Gasteiger partial charge in [0.05, 0.1) is 11.7 Å². The lowest BCUT2D eigenvalue weighted by Crippen LogP contribution is -2.63. The zero-order valence-electron chi connectivity index (χ0n) is 24.2. The van der Waals surface area contributed by atoms with Gasteiger partial charge < -0.3 is 24.3 Å². The number of Topliss-reactive ketones (excluding diaryl/α,β-unsaturated/α-hetero) is 1. The summed E-state index contributed by atoms with van der Waals surface area (Å²) in [4.78, 5) is 26.8. The van der Waals surface area contributed by atoms with Crippen LogP contribution < -0.4 is 10.2 Å². The first kappa shape index (κ1) is 28.4. The van der Waals surface area contributed by atoms with Crippen LogP contribution in [0.2, 0.25) is 0 Å². The van der Waals surface area contributed by atoms with E-state index in [1.54, 1.807) is 18.2 Å². The summed E-state index contributed by atoms with van der Waals surface area (Å²) in [5.41, 5.74) is -0.680. The van der Waals surface area contributed by atoms with Gasteiger partial charge in [0.2, 0.25) is 0 Å². The highest BCUT2D eigenvalue weighted by Crippen LogP contribution is 2.68. The largest absolute Gasteiger partial charge is 0.492 e. The molecule has 1 aromatic carbocycles. The Kier molecular flexibility index (Phi) is 6.88. The second kappa shape index (κ2) is 9.46. The van der Waals surface area contributed by atoms with Crippen LogP contribution in [0.25, 0.3) is 0 Å². The van der Waals surface area contributed by atoms with Crippen LogP contribution in [-0.4, -0.2) is 47.8 Å². The fourth-order valence-corrected chi connectivity index (χ4v) is 8.63. The number of carbonyl (C=O) groups is 2. The third-order valence-electron chi connectivity index (χ3n) is 11.3. The zero-order valence-corrected chi connectivity index (χ0v) is 24.2. The van der Waals surface area contributed by atoms with Crippen LogP contribution in [0.1, 0.15) is 79.2 Å². The average Bonchev–Trinajstić information content (AvgIpc) is 3.36. The molecule has 0 radical (unpaired) electrons. The Morgan fingerprint density at radius 1 is 1.23 bits per heavy atom. The molecular formula is C31H43BO7. The molecule has 5 rings (SSSR count). The van der Waals surface area contributed by atoms with Gasteiger partial charge in [0.1, 0.15) is 17.6 Å². The van der Waals surface area contributed by atoms with Crippen molar-refractivity contribution in [2.24, 2.45) is 34.0 Å². The van der Waals surface area contributed by atoms with Crippen molar-refractivity contribution in [1.82, 2.24) is 0 Å². The summed E-state index contributed by atoms with van der Waals surface area (Å²) >= 11 is 0. The number of aliphatic hydroxyl groups excluding tert-OH is 1. The minimum Gasteiger partial charge on any atom is -0.482 e. The lowest BCUT2D eigenvalue weighted by atomic mass is 9.44. The number of aliphatic hydroxyl groups is 1. The smallest absolute Gasteiger partial charge is 0.482 e. The van der Waals surface area contributed by atoms with Gasteiger partial charge in [-0.05, 0) is 79.9 Å². The summed E-state index contributed by atoms with van der Waals surface area (Å²) in [5, 5.41) is 22.0. The van der Waals surface area contributed by atoms with Crippen molar-refractivity contribution >= 4 is 24.3 Å². The van der Waals surface area contributed by atoms with Crippen LogP contribution in [0.3, 0.4) is 0 Å². The fraction of sp³-hybridized carbons (Fsp3) is 0.677. The molecule has 2 N–H and O–H groups in total. The molecule has 1 aliphatic heterocycles. The zero-order chi connectivity index (χ0) is 28.5. The maximum atomic E-state index is 13.5. The number of rotatable bonds is 5. The highest BCUT2D eigenvalue weighted by molar-refractivity contribution is 6.62. The van der Waals surface area contributed by atoms with Crippen molar-refractivity contribution in [2.75, 3.05) is 6.61 Å². The van der Waals surface area contributed by atoms with E-state index in [1.165, 1.54) is 0 Å². The monoisotopic (exact) mass is 538 g/mol. The van der Waals surface area contributed by atoms with E-state index in [2.05, 4.69) is 27.4 Å². The number of benzene rings is 1. The first-order valence-corrected chi connectivity index (χ1v) is 14.4. The summed E-state index contributed by atoms with van der Waals surface area (Å²) in [5.74, 6) is -0.0480. The highest BCUT2D eigenvalue weighted by Gasteiger charge is 2.68. The van der Waals surface area contributed by atoms with Gasteiger partial charge in [0, 0.05) is 23.2 Å². The number of fused-ring (bicyclic) bond motifs is 1. The van der Waals surface area contributed by atoms with Crippen LogP contribution in [0.15, 0.2) is 30.9 Å². The van der Waals surface area contributed by atoms with Crippen molar-refractivity contribution in [2.45, 2.75) is 91.5 Å². The molecule has 0 spiro atoms. The van der Waals surface area contributed by atoms with E-state index in [0.717, 1.165) is 24.8 Å². The van der Waals surface area contributed by atoms with Gasteiger partial charge in [-0.3, -0.25) is 4.79 Å². The van der Waals surface area contributed by atoms with Gasteiger partial charge in [0.15, 0.2) is 6.61 Å².